The lowest BCUT2D eigenvalue weighted by atomic mass is 9.82. The number of nitrogens with one attached hydrogen (secondary N) is 1. The van der Waals surface area contributed by atoms with Gasteiger partial charge in [0, 0.05) is 23.1 Å². The maximum atomic E-state index is 13.5. The zero-order chi connectivity index (χ0) is 26.0. The molecule has 1 aromatic carbocycles. The second-order valence-electron chi connectivity index (χ2n) is 9.64. The lowest BCUT2D eigenvalue weighted by Crippen LogP contribution is -2.60. The van der Waals surface area contributed by atoms with Crippen LogP contribution in [0.15, 0.2) is 60.1 Å². The van der Waals surface area contributed by atoms with E-state index >= 15 is 0 Å². The number of benzene rings is 1. The van der Waals surface area contributed by atoms with E-state index in [1.54, 1.807) is 4.90 Å². The predicted octanol–water partition coefficient (Wildman–Crippen LogP) is 0.278. The monoisotopic (exact) mass is 512 g/mol. The van der Waals surface area contributed by atoms with Crippen LogP contribution >= 0.6 is 0 Å². The van der Waals surface area contributed by atoms with E-state index < -0.39 is 61.5 Å². The molecule has 6 rings (SSSR count). The van der Waals surface area contributed by atoms with Crippen molar-refractivity contribution in [2.75, 3.05) is 13.2 Å². The molecule has 8 atom stereocenters. The number of carbonyl (C=O) groups is 1. The fraction of sp³-hybridized carbons (Fsp3) is 0.423. The molecule has 1 aromatic heterocycles. The maximum absolute atomic E-state index is 13.5. The molecule has 1 fully saturated rings. The van der Waals surface area contributed by atoms with Crippen molar-refractivity contribution in [3.05, 3.63) is 71.3 Å². The molecule has 11 nitrogen and oxygen atoms in total. The number of aromatic amines is 1. The summed E-state index contributed by atoms with van der Waals surface area (Å²) < 4.78 is 16.8. The summed E-state index contributed by atoms with van der Waals surface area (Å²) in [5.74, 6) is -1.77. The van der Waals surface area contributed by atoms with Gasteiger partial charge >= 0.3 is 0 Å². The number of fused-ring (bicyclic) bond motifs is 6. The zero-order valence-electron chi connectivity index (χ0n) is 19.7. The van der Waals surface area contributed by atoms with Gasteiger partial charge in [-0.3, -0.25) is 4.79 Å². The number of nitrogens with zero attached hydrogens (tertiary/aromatic N) is 1. The van der Waals surface area contributed by atoms with Crippen molar-refractivity contribution >= 4 is 16.8 Å². The minimum Gasteiger partial charge on any atom is -0.480 e. The Hall–Kier alpha value is -3.19. The van der Waals surface area contributed by atoms with Gasteiger partial charge in [-0.25, -0.2) is 0 Å². The number of aliphatic hydroxyl groups is 5. The number of rotatable bonds is 4. The molecule has 6 N–H and O–H groups in total. The number of para-hydroxylation sites is 1. The van der Waals surface area contributed by atoms with Crippen LogP contribution in [0.1, 0.15) is 17.3 Å². The second kappa shape index (κ2) is 8.98. The van der Waals surface area contributed by atoms with E-state index in [2.05, 4.69) is 11.6 Å². The molecule has 0 aliphatic carbocycles. The van der Waals surface area contributed by atoms with Crippen LogP contribution in [0.5, 0.6) is 0 Å². The Morgan fingerprint density at radius 2 is 1.95 bits per heavy atom. The van der Waals surface area contributed by atoms with E-state index in [4.69, 9.17) is 14.2 Å². The van der Waals surface area contributed by atoms with Gasteiger partial charge in [0.25, 0.3) is 11.9 Å². The molecule has 11 heteroatoms. The minimum absolute atomic E-state index is 0.00867. The average molecular weight is 513 g/mol. The van der Waals surface area contributed by atoms with E-state index in [0.29, 0.717) is 18.5 Å². The highest BCUT2D eigenvalue weighted by Gasteiger charge is 2.50. The molecule has 1 amide bonds. The summed E-state index contributed by atoms with van der Waals surface area (Å²) >= 11 is 0. The van der Waals surface area contributed by atoms with Gasteiger partial charge in [-0.05, 0) is 23.6 Å². The summed E-state index contributed by atoms with van der Waals surface area (Å²) in [5, 5.41) is 51.9. The quantitative estimate of drug-likeness (QED) is 0.316. The van der Waals surface area contributed by atoms with Crippen LogP contribution in [0.2, 0.25) is 0 Å². The van der Waals surface area contributed by atoms with Gasteiger partial charge in [0.2, 0.25) is 6.29 Å². The molecular formula is C26H28N2O9. The fourth-order valence-corrected chi connectivity index (χ4v) is 5.74. The molecule has 4 aliphatic rings. The minimum atomic E-state index is -1.66. The van der Waals surface area contributed by atoms with Crippen molar-refractivity contribution < 1.29 is 44.5 Å². The third-order valence-corrected chi connectivity index (χ3v) is 7.65. The van der Waals surface area contributed by atoms with Crippen LogP contribution in [0.3, 0.4) is 0 Å². The van der Waals surface area contributed by atoms with Crippen LogP contribution in [-0.4, -0.2) is 91.5 Å². The number of H-pyrrole nitrogens is 1. The average Bonchev–Trinajstić information content (AvgIpc) is 3.28. The zero-order valence-corrected chi connectivity index (χ0v) is 19.7. The third-order valence-electron chi connectivity index (χ3n) is 7.65. The number of aromatic nitrogens is 1. The van der Waals surface area contributed by atoms with Gasteiger partial charge in [-0.15, -0.1) is 6.58 Å². The number of amides is 1. The molecule has 2 aromatic rings. The summed E-state index contributed by atoms with van der Waals surface area (Å²) in [6, 6.07) is 7.53. The molecule has 4 aliphatic heterocycles. The van der Waals surface area contributed by atoms with Crippen molar-refractivity contribution in [2.24, 2.45) is 5.92 Å². The molecule has 0 spiro atoms. The number of ether oxygens (including phenoxy) is 3. The number of carbonyl (C=O) groups excluding carboxylic acids is 1. The van der Waals surface area contributed by atoms with Gasteiger partial charge in [0.1, 0.15) is 30.0 Å². The van der Waals surface area contributed by atoms with Crippen LogP contribution in [-0.2, 0) is 25.4 Å². The number of aliphatic hydroxyl groups excluding tert-OH is 5. The molecule has 196 valence electrons. The van der Waals surface area contributed by atoms with Crippen LogP contribution in [0.4, 0.5) is 0 Å². The molecular weight excluding hydrogens is 484 g/mol. The topological polar surface area (TPSA) is 165 Å². The van der Waals surface area contributed by atoms with E-state index in [0.717, 1.165) is 22.2 Å². The first-order valence-electron chi connectivity index (χ1n) is 12.1. The number of hydrogen-bond acceptors (Lipinski definition) is 9. The first-order valence-corrected chi connectivity index (χ1v) is 12.1. The predicted molar refractivity (Wildman–Crippen MR) is 128 cm³/mol. The Bertz CT molecular complexity index is 1310. The first kappa shape index (κ1) is 24.2. The molecule has 0 unspecified atom stereocenters. The highest BCUT2D eigenvalue weighted by Crippen LogP contribution is 2.45. The highest BCUT2D eigenvalue weighted by molar-refractivity contribution is 6.01. The van der Waals surface area contributed by atoms with Gasteiger partial charge < -0.3 is 49.6 Å². The molecule has 0 bridgehead atoms. The molecule has 0 saturated carbocycles. The summed E-state index contributed by atoms with van der Waals surface area (Å²) in [6.45, 7) is 3.69. The standard InChI is InChI=1S/C26H28N2O9/c1-2-11-14-9-16-19-13(12-5-3-4-6-15(12)27-19)7-8-28(16)23(33)18(14)24(34)36-25(11)37-26-22(32)21(31)20(30)17(10-29)35-26/h2-6,9,11,16-17,20-22,25-27,29-32,34H,1,7-8,10H2/t11-,16-,17+,20+,21-,22+,25+,26-/m0/s1. The lowest BCUT2D eigenvalue weighted by molar-refractivity contribution is -0.340. The van der Waals surface area contributed by atoms with Gasteiger partial charge in [0.15, 0.2) is 6.29 Å². The normalized spacial score (nSPS) is 35.4. The van der Waals surface area contributed by atoms with E-state index in [9.17, 15) is 30.3 Å². The van der Waals surface area contributed by atoms with Crippen molar-refractivity contribution in [1.82, 2.24) is 9.88 Å². The van der Waals surface area contributed by atoms with E-state index in [1.165, 1.54) is 6.08 Å². The number of hydrogen-bond donors (Lipinski definition) is 6. The smallest absolute Gasteiger partial charge is 0.292 e. The Kier molecular flexibility index (Phi) is 5.86. The van der Waals surface area contributed by atoms with Crippen molar-refractivity contribution in [3.8, 4) is 0 Å². The Balaban J connectivity index is 1.37. The fourth-order valence-electron chi connectivity index (χ4n) is 5.74. The molecule has 1 saturated heterocycles. The Morgan fingerprint density at radius 1 is 1.16 bits per heavy atom. The van der Waals surface area contributed by atoms with Crippen molar-refractivity contribution in [2.45, 2.75) is 49.5 Å². The SMILES string of the molecule is C=C[C@H]1C2=C[C@H]3c4[nH]c5ccccc5c4CCN3C(=O)C2=C(O)O[C@@H]1O[C@@H]1O[C@H](CO)[C@@H](O)[C@H](O)[C@H]1O. The Morgan fingerprint density at radius 3 is 2.70 bits per heavy atom. The maximum Gasteiger partial charge on any atom is 0.292 e. The second-order valence-corrected chi connectivity index (χ2v) is 9.64. The van der Waals surface area contributed by atoms with Crippen molar-refractivity contribution in [1.29, 1.82) is 0 Å². The molecule has 0 radical (unpaired) electrons. The summed E-state index contributed by atoms with van der Waals surface area (Å²) in [4.78, 5) is 18.7. The first-order chi connectivity index (χ1) is 17.8. The van der Waals surface area contributed by atoms with Gasteiger partial charge in [-0.1, -0.05) is 30.4 Å². The summed E-state index contributed by atoms with van der Waals surface area (Å²) in [7, 11) is 0. The van der Waals surface area contributed by atoms with Gasteiger partial charge in [0.05, 0.1) is 18.6 Å². The van der Waals surface area contributed by atoms with E-state index in [-0.39, 0.29) is 11.5 Å². The highest BCUT2D eigenvalue weighted by atomic mass is 16.8. The molecule has 37 heavy (non-hydrogen) atoms. The summed E-state index contributed by atoms with van der Waals surface area (Å²) in [6.07, 6.45) is -4.78. The Labute approximate surface area is 211 Å². The molecule has 5 heterocycles. The van der Waals surface area contributed by atoms with Gasteiger partial charge in [-0.2, -0.15) is 0 Å². The van der Waals surface area contributed by atoms with Crippen molar-refractivity contribution in [3.63, 3.8) is 0 Å². The third kappa shape index (κ3) is 3.62. The van der Waals surface area contributed by atoms with Crippen LogP contribution in [0.25, 0.3) is 10.9 Å². The van der Waals surface area contributed by atoms with Crippen LogP contribution in [0, 0.1) is 5.92 Å². The van der Waals surface area contributed by atoms with Crippen LogP contribution < -0.4 is 0 Å². The summed E-state index contributed by atoms with van der Waals surface area (Å²) in [5.41, 5.74) is 3.46. The largest absolute Gasteiger partial charge is 0.480 e. The van der Waals surface area contributed by atoms with E-state index in [1.807, 2.05) is 30.3 Å². The lowest BCUT2D eigenvalue weighted by Gasteiger charge is -2.44.